The van der Waals surface area contributed by atoms with Crippen molar-refractivity contribution in [3.05, 3.63) is 87.1 Å². The number of nitrogens with zero attached hydrogens (tertiary/aromatic N) is 2. The Morgan fingerprint density at radius 2 is 1.53 bits per heavy atom. The first-order chi connectivity index (χ1) is 22.4. The third kappa shape index (κ3) is 4.46. The van der Waals surface area contributed by atoms with E-state index in [1.54, 1.807) is 43.3 Å². The lowest BCUT2D eigenvalue weighted by Gasteiger charge is -2.49. The van der Waals surface area contributed by atoms with Gasteiger partial charge in [-0.3, -0.25) is 24.1 Å². The number of phenols is 1. The van der Waals surface area contributed by atoms with Crippen LogP contribution >= 0.6 is 27.5 Å². The molecule has 2 heterocycles. The number of aromatic hydroxyl groups is 1. The van der Waals surface area contributed by atoms with Crippen LogP contribution in [0.15, 0.2) is 70.7 Å². The summed E-state index contributed by atoms with van der Waals surface area (Å²) in [6.07, 6.45) is 2.32. The predicted octanol–water partition coefficient (Wildman–Crippen LogP) is 6.40. The van der Waals surface area contributed by atoms with E-state index in [9.17, 15) is 28.7 Å². The van der Waals surface area contributed by atoms with Crippen LogP contribution in [0.1, 0.15) is 31.2 Å². The van der Waals surface area contributed by atoms with Gasteiger partial charge in [0.2, 0.25) is 29.4 Å². The molecule has 2 aliphatic carbocycles. The molecule has 4 amide bonds. The summed E-state index contributed by atoms with van der Waals surface area (Å²) in [6, 6.07) is 13.8. The Labute approximate surface area is 283 Å². The minimum atomic E-state index is -1.38. The lowest BCUT2D eigenvalue weighted by Crippen LogP contribution is -2.48. The minimum absolute atomic E-state index is 0.100. The monoisotopic (exact) mass is 722 g/mol. The molecule has 2 aliphatic heterocycles. The Hall–Kier alpha value is -4.22. The van der Waals surface area contributed by atoms with E-state index in [-0.39, 0.29) is 52.6 Å². The molecular formula is C35H29BrClFN2O7. The Balaban J connectivity index is 1.40. The van der Waals surface area contributed by atoms with Gasteiger partial charge in [-0.2, -0.15) is 0 Å². The van der Waals surface area contributed by atoms with E-state index < -0.39 is 52.6 Å². The van der Waals surface area contributed by atoms with Crippen LogP contribution in [0, 0.1) is 34.9 Å². The van der Waals surface area contributed by atoms with Crippen molar-refractivity contribution in [2.75, 3.05) is 24.0 Å². The molecule has 47 heavy (non-hydrogen) atoms. The van der Waals surface area contributed by atoms with E-state index in [1.165, 1.54) is 31.3 Å². The van der Waals surface area contributed by atoms with Crippen LogP contribution in [0.5, 0.6) is 17.2 Å². The third-order valence-electron chi connectivity index (χ3n) is 10.4. The summed E-state index contributed by atoms with van der Waals surface area (Å²) >= 11 is 9.48. The highest BCUT2D eigenvalue weighted by Gasteiger charge is 2.67. The molecule has 6 atom stereocenters. The molecule has 0 bridgehead atoms. The zero-order chi connectivity index (χ0) is 33.5. The molecule has 1 saturated carbocycles. The standard InChI is InChI=1S/C35H29BrClFN2O7/c1-35-23(32(43)40(34(35)45)19-8-11-25(38)24(37)14-19)15-22-20(29(35)16-12-26(46-2)30(41)27(13-16)47-3)9-10-21-28(22)33(44)39(31(21)42)18-6-4-17(36)5-7-18/h4-9,11-14,21-23,28-29,41H,10,15H2,1-3H3. The maximum atomic E-state index is 14.6. The van der Waals surface area contributed by atoms with Crippen LogP contribution in [0.25, 0.3) is 0 Å². The second kappa shape index (κ2) is 11.2. The van der Waals surface area contributed by atoms with Gasteiger partial charge in [0.15, 0.2) is 11.5 Å². The molecule has 6 unspecified atom stereocenters. The van der Waals surface area contributed by atoms with Crippen molar-refractivity contribution in [1.82, 2.24) is 0 Å². The zero-order valence-electron chi connectivity index (χ0n) is 25.5. The first kappa shape index (κ1) is 31.4. The molecule has 7 rings (SSSR count). The number of imide groups is 2. The molecule has 9 nitrogen and oxygen atoms in total. The van der Waals surface area contributed by atoms with Crippen molar-refractivity contribution in [2.24, 2.45) is 29.1 Å². The van der Waals surface area contributed by atoms with Gasteiger partial charge < -0.3 is 14.6 Å². The number of anilines is 2. The Morgan fingerprint density at radius 1 is 0.894 bits per heavy atom. The number of phenolic OH excluding ortho intramolecular Hbond substituents is 1. The van der Waals surface area contributed by atoms with Crippen molar-refractivity contribution in [2.45, 2.75) is 25.7 Å². The molecule has 242 valence electrons. The van der Waals surface area contributed by atoms with Gasteiger partial charge in [-0.15, -0.1) is 0 Å². The molecule has 3 aromatic carbocycles. The summed E-state index contributed by atoms with van der Waals surface area (Å²) in [6.45, 7) is 1.72. The Bertz CT molecular complexity index is 1890. The van der Waals surface area contributed by atoms with Gasteiger partial charge in [0.25, 0.3) is 0 Å². The molecule has 1 N–H and O–H groups in total. The van der Waals surface area contributed by atoms with Crippen LogP contribution in [-0.4, -0.2) is 43.0 Å². The van der Waals surface area contributed by atoms with Crippen molar-refractivity contribution in [3.63, 3.8) is 0 Å². The number of hydrogen-bond acceptors (Lipinski definition) is 7. The summed E-state index contributed by atoms with van der Waals surface area (Å²) in [5.74, 6) is -6.10. The maximum absolute atomic E-state index is 14.6. The molecule has 3 fully saturated rings. The van der Waals surface area contributed by atoms with Crippen LogP contribution in [0.2, 0.25) is 5.02 Å². The molecule has 2 saturated heterocycles. The number of fused-ring (bicyclic) bond motifs is 4. The Morgan fingerprint density at radius 3 is 2.15 bits per heavy atom. The van der Waals surface area contributed by atoms with Gasteiger partial charge >= 0.3 is 0 Å². The molecule has 0 spiro atoms. The first-order valence-electron chi connectivity index (χ1n) is 15.0. The average molecular weight is 724 g/mol. The van der Waals surface area contributed by atoms with E-state index in [0.717, 1.165) is 21.0 Å². The van der Waals surface area contributed by atoms with Crippen LogP contribution in [0.4, 0.5) is 15.8 Å². The fourth-order valence-corrected chi connectivity index (χ4v) is 8.63. The SMILES string of the molecule is COc1cc(C2C3=CCC4C(=O)N(c5ccc(Br)cc5)C(=O)C4C3CC3C(=O)N(c4ccc(F)c(Cl)c4)C(=O)C32C)cc(OC)c1O. The summed E-state index contributed by atoms with van der Waals surface area (Å²) < 4.78 is 25.9. The molecular weight excluding hydrogens is 695 g/mol. The summed E-state index contributed by atoms with van der Waals surface area (Å²) in [4.78, 5) is 59.3. The third-order valence-corrected chi connectivity index (χ3v) is 11.2. The van der Waals surface area contributed by atoms with E-state index in [0.29, 0.717) is 11.3 Å². The van der Waals surface area contributed by atoms with Crippen LogP contribution < -0.4 is 19.3 Å². The smallest absolute Gasteiger partial charge is 0.241 e. The Kier molecular flexibility index (Phi) is 7.48. The largest absolute Gasteiger partial charge is 0.502 e. The number of halogens is 3. The van der Waals surface area contributed by atoms with Gasteiger partial charge in [0.05, 0.1) is 53.8 Å². The number of hydrogen-bond donors (Lipinski definition) is 1. The fraction of sp³-hybridized carbons (Fsp3) is 0.314. The quantitative estimate of drug-likeness (QED) is 0.240. The second-order valence-electron chi connectivity index (χ2n) is 12.5. The number of allylic oxidation sites excluding steroid dienone is 2. The lowest BCUT2D eigenvalue weighted by molar-refractivity contribution is -0.131. The van der Waals surface area contributed by atoms with E-state index in [1.807, 2.05) is 6.08 Å². The molecule has 4 aliphatic rings. The van der Waals surface area contributed by atoms with Gasteiger partial charge in [0, 0.05) is 10.4 Å². The van der Waals surface area contributed by atoms with Crippen molar-refractivity contribution in [1.29, 1.82) is 0 Å². The van der Waals surface area contributed by atoms with Crippen LogP contribution in [0.3, 0.4) is 0 Å². The van der Waals surface area contributed by atoms with Crippen molar-refractivity contribution in [3.8, 4) is 17.2 Å². The fourth-order valence-electron chi connectivity index (χ4n) is 8.19. The van der Waals surface area contributed by atoms with Crippen LogP contribution in [-0.2, 0) is 19.2 Å². The number of carbonyl (C=O) groups excluding carboxylic acids is 4. The molecule has 12 heteroatoms. The predicted molar refractivity (Wildman–Crippen MR) is 174 cm³/mol. The highest BCUT2D eigenvalue weighted by molar-refractivity contribution is 9.10. The van der Waals surface area contributed by atoms with E-state index in [2.05, 4.69) is 15.9 Å². The molecule has 0 aromatic heterocycles. The number of methoxy groups -OCH3 is 2. The van der Waals surface area contributed by atoms with Crippen molar-refractivity contribution >= 4 is 62.5 Å². The minimum Gasteiger partial charge on any atom is -0.502 e. The van der Waals surface area contributed by atoms with Gasteiger partial charge in [-0.1, -0.05) is 39.2 Å². The normalized spacial score (nSPS) is 28.2. The topological polar surface area (TPSA) is 113 Å². The van der Waals surface area contributed by atoms with Gasteiger partial charge in [0.1, 0.15) is 5.82 Å². The highest BCUT2D eigenvalue weighted by Crippen LogP contribution is 2.64. The van der Waals surface area contributed by atoms with E-state index >= 15 is 0 Å². The molecule has 0 radical (unpaired) electrons. The van der Waals surface area contributed by atoms with Gasteiger partial charge in [-0.05, 0) is 85.8 Å². The number of benzene rings is 3. The van der Waals surface area contributed by atoms with E-state index in [4.69, 9.17) is 21.1 Å². The summed E-state index contributed by atoms with van der Waals surface area (Å²) in [7, 11) is 2.78. The first-order valence-corrected chi connectivity index (χ1v) is 16.2. The molecule has 3 aromatic rings. The number of amides is 4. The zero-order valence-corrected chi connectivity index (χ0v) is 27.8. The maximum Gasteiger partial charge on any atom is 0.241 e. The number of carbonyl (C=O) groups is 4. The average Bonchev–Trinajstić information content (AvgIpc) is 3.42. The number of rotatable bonds is 5. The summed E-state index contributed by atoms with van der Waals surface area (Å²) in [5, 5.41) is 10.5. The number of ether oxygens (including phenoxy) is 2. The lowest BCUT2D eigenvalue weighted by atomic mass is 9.51. The highest BCUT2D eigenvalue weighted by atomic mass is 79.9. The van der Waals surface area contributed by atoms with Gasteiger partial charge in [-0.25, -0.2) is 9.29 Å². The summed E-state index contributed by atoms with van der Waals surface area (Å²) in [5.41, 5.74) is 0.483. The second-order valence-corrected chi connectivity index (χ2v) is 13.8. The van der Waals surface area contributed by atoms with Crippen molar-refractivity contribution < 1.29 is 38.1 Å².